The molecule has 96 valence electrons. The summed E-state index contributed by atoms with van der Waals surface area (Å²) in [6, 6.07) is 14.7. The van der Waals surface area contributed by atoms with Crippen LogP contribution in [0.2, 0.25) is 5.02 Å². The number of aromatic amines is 1. The van der Waals surface area contributed by atoms with E-state index in [1.807, 2.05) is 6.07 Å². The van der Waals surface area contributed by atoms with Crippen molar-refractivity contribution in [3.05, 3.63) is 68.8 Å². The number of halogens is 2. The number of aromatic nitrogens is 1. The van der Waals surface area contributed by atoms with Gasteiger partial charge in [-0.05, 0) is 48.4 Å². The molecule has 19 heavy (non-hydrogen) atoms. The molecule has 0 radical (unpaired) electrons. The molecule has 0 saturated carbocycles. The number of aryl methyl sites for hydroxylation is 1. The summed E-state index contributed by atoms with van der Waals surface area (Å²) in [6.45, 7) is 2.06. The van der Waals surface area contributed by atoms with Crippen LogP contribution in [0.25, 0.3) is 10.9 Å². The SMILES string of the molecule is Cc1cc(Cl)c2[nH]c(Cc3ccc(Br)cc3)cc2c1. The first-order chi connectivity index (χ1) is 9.11. The third-order valence-corrected chi connectivity index (χ3v) is 4.01. The van der Waals surface area contributed by atoms with Crippen molar-refractivity contribution in [2.45, 2.75) is 13.3 Å². The van der Waals surface area contributed by atoms with Crippen LogP contribution in [-0.4, -0.2) is 4.98 Å². The maximum absolute atomic E-state index is 6.26. The number of nitrogens with one attached hydrogen (secondary N) is 1. The Morgan fingerprint density at radius 1 is 1.11 bits per heavy atom. The van der Waals surface area contributed by atoms with Gasteiger partial charge in [0, 0.05) is 22.0 Å². The normalized spacial score (nSPS) is 11.1. The molecule has 0 unspecified atom stereocenters. The van der Waals surface area contributed by atoms with E-state index in [0.29, 0.717) is 0 Å². The zero-order chi connectivity index (χ0) is 13.4. The maximum atomic E-state index is 6.26. The van der Waals surface area contributed by atoms with Crippen LogP contribution >= 0.6 is 27.5 Å². The van der Waals surface area contributed by atoms with Crippen molar-refractivity contribution >= 4 is 38.4 Å². The summed E-state index contributed by atoms with van der Waals surface area (Å²) >= 11 is 9.71. The Kier molecular flexibility index (Phi) is 3.38. The molecule has 3 rings (SSSR count). The highest BCUT2D eigenvalue weighted by molar-refractivity contribution is 9.10. The zero-order valence-corrected chi connectivity index (χ0v) is 12.8. The second kappa shape index (κ2) is 5.03. The number of hydrogen-bond acceptors (Lipinski definition) is 0. The lowest BCUT2D eigenvalue weighted by Crippen LogP contribution is -1.87. The smallest absolute Gasteiger partial charge is 0.0649 e. The third kappa shape index (κ3) is 2.70. The van der Waals surface area contributed by atoms with E-state index in [4.69, 9.17) is 11.6 Å². The van der Waals surface area contributed by atoms with Crippen LogP contribution in [-0.2, 0) is 6.42 Å². The molecule has 0 aliphatic carbocycles. The van der Waals surface area contributed by atoms with Crippen molar-refractivity contribution in [1.29, 1.82) is 0 Å². The monoisotopic (exact) mass is 333 g/mol. The highest BCUT2D eigenvalue weighted by Crippen LogP contribution is 2.26. The lowest BCUT2D eigenvalue weighted by molar-refractivity contribution is 1.12. The van der Waals surface area contributed by atoms with Gasteiger partial charge in [0.15, 0.2) is 0 Å². The second-order valence-corrected chi connectivity index (χ2v) is 6.13. The molecular formula is C16H13BrClN. The first kappa shape index (κ1) is 12.8. The molecule has 0 bridgehead atoms. The standard InChI is InChI=1S/C16H13BrClN/c1-10-6-12-9-14(19-16(12)15(18)7-10)8-11-2-4-13(17)5-3-11/h2-7,9,19H,8H2,1H3. The maximum Gasteiger partial charge on any atom is 0.0649 e. The van der Waals surface area contributed by atoms with E-state index in [1.54, 1.807) is 0 Å². The topological polar surface area (TPSA) is 15.8 Å². The minimum atomic E-state index is 0.789. The van der Waals surface area contributed by atoms with Crippen molar-refractivity contribution < 1.29 is 0 Å². The molecule has 0 aliphatic heterocycles. The number of rotatable bonds is 2. The molecule has 0 atom stereocenters. The molecule has 3 aromatic rings. The molecule has 1 N–H and O–H groups in total. The van der Waals surface area contributed by atoms with Crippen LogP contribution in [0.15, 0.2) is 46.9 Å². The van der Waals surface area contributed by atoms with E-state index in [-0.39, 0.29) is 0 Å². The highest BCUT2D eigenvalue weighted by Gasteiger charge is 2.06. The molecule has 0 spiro atoms. The molecule has 1 nitrogen and oxygen atoms in total. The van der Waals surface area contributed by atoms with Gasteiger partial charge >= 0.3 is 0 Å². The molecule has 0 aliphatic rings. The summed E-state index contributed by atoms with van der Waals surface area (Å²) in [5, 5.41) is 1.97. The van der Waals surface area contributed by atoms with Crippen LogP contribution in [0.3, 0.4) is 0 Å². The summed E-state index contributed by atoms with van der Waals surface area (Å²) in [7, 11) is 0. The van der Waals surface area contributed by atoms with Gasteiger partial charge in [0.2, 0.25) is 0 Å². The van der Waals surface area contributed by atoms with Gasteiger partial charge < -0.3 is 4.98 Å². The van der Waals surface area contributed by atoms with Gasteiger partial charge in [0.25, 0.3) is 0 Å². The molecule has 0 fully saturated rings. The minimum Gasteiger partial charge on any atom is -0.357 e. The van der Waals surface area contributed by atoms with Crippen molar-refractivity contribution in [3.63, 3.8) is 0 Å². The molecule has 3 heteroatoms. The number of fused-ring (bicyclic) bond motifs is 1. The predicted molar refractivity (Wildman–Crippen MR) is 85.0 cm³/mol. The fourth-order valence-electron chi connectivity index (χ4n) is 2.32. The van der Waals surface area contributed by atoms with E-state index < -0.39 is 0 Å². The molecule has 1 aromatic heterocycles. The van der Waals surface area contributed by atoms with Crippen LogP contribution in [0, 0.1) is 6.92 Å². The Morgan fingerprint density at radius 3 is 2.58 bits per heavy atom. The van der Waals surface area contributed by atoms with Crippen molar-refractivity contribution in [2.75, 3.05) is 0 Å². The fourth-order valence-corrected chi connectivity index (χ4v) is 2.91. The van der Waals surface area contributed by atoms with Crippen LogP contribution in [0.4, 0.5) is 0 Å². The molecular weight excluding hydrogens is 322 g/mol. The quantitative estimate of drug-likeness (QED) is 0.638. The lowest BCUT2D eigenvalue weighted by Gasteiger charge is -1.99. The van der Waals surface area contributed by atoms with Crippen molar-refractivity contribution in [2.24, 2.45) is 0 Å². The van der Waals surface area contributed by atoms with Crippen molar-refractivity contribution in [3.8, 4) is 0 Å². The van der Waals surface area contributed by atoms with E-state index in [9.17, 15) is 0 Å². The molecule has 0 saturated heterocycles. The Balaban J connectivity index is 1.97. The average Bonchev–Trinajstić information content (AvgIpc) is 2.75. The van der Waals surface area contributed by atoms with Gasteiger partial charge in [-0.1, -0.05) is 39.7 Å². The van der Waals surface area contributed by atoms with Gasteiger partial charge in [-0.2, -0.15) is 0 Å². The Morgan fingerprint density at radius 2 is 1.84 bits per heavy atom. The summed E-state index contributed by atoms with van der Waals surface area (Å²) in [4.78, 5) is 3.41. The highest BCUT2D eigenvalue weighted by atomic mass is 79.9. The van der Waals surface area contributed by atoms with Crippen LogP contribution in [0.1, 0.15) is 16.8 Å². The average molecular weight is 335 g/mol. The minimum absolute atomic E-state index is 0.789. The Hall–Kier alpha value is -1.25. The van der Waals surface area contributed by atoms with Crippen LogP contribution < -0.4 is 0 Å². The summed E-state index contributed by atoms with van der Waals surface area (Å²) in [6.07, 6.45) is 0.886. The largest absolute Gasteiger partial charge is 0.357 e. The zero-order valence-electron chi connectivity index (χ0n) is 10.5. The molecule has 2 aromatic carbocycles. The first-order valence-electron chi connectivity index (χ1n) is 6.14. The van der Waals surface area contributed by atoms with E-state index in [2.05, 4.69) is 64.2 Å². The number of hydrogen-bond donors (Lipinski definition) is 1. The Bertz CT molecular complexity index is 728. The van der Waals surface area contributed by atoms with E-state index >= 15 is 0 Å². The van der Waals surface area contributed by atoms with E-state index in [1.165, 1.54) is 22.2 Å². The molecule has 1 heterocycles. The number of H-pyrrole nitrogens is 1. The summed E-state index contributed by atoms with van der Waals surface area (Å²) < 4.78 is 1.10. The van der Waals surface area contributed by atoms with Crippen molar-refractivity contribution in [1.82, 2.24) is 4.98 Å². The Labute approximate surface area is 125 Å². The first-order valence-corrected chi connectivity index (χ1v) is 7.31. The fraction of sp³-hybridized carbons (Fsp3) is 0.125. The predicted octanol–water partition coefficient (Wildman–Crippen LogP) is 5.48. The van der Waals surface area contributed by atoms with Crippen LogP contribution in [0.5, 0.6) is 0 Å². The lowest BCUT2D eigenvalue weighted by atomic mass is 10.1. The number of benzene rings is 2. The second-order valence-electron chi connectivity index (χ2n) is 4.81. The van der Waals surface area contributed by atoms with Gasteiger partial charge in [-0.3, -0.25) is 0 Å². The van der Waals surface area contributed by atoms with Gasteiger partial charge in [0.05, 0.1) is 10.5 Å². The van der Waals surface area contributed by atoms with E-state index in [0.717, 1.165) is 21.4 Å². The third-order valence-electron chi connectivity index (χ3n) is 3.19. The van der Waals surface area contributed by atoms with Gasteiger partial charge in [0.1, 0.15) is 0 Å². The van der Waals surface area contributed by atoms with Gasteiger partial charge in [-0.15, -0.1) is 0 Å². The summed E-state index contributed by atoms with van der Waals surface area (Å²) in [5.41, 5.74) is 4.68. The van der Waals surface area contributed by atoms with Gasteiger partial charge in [-0.25, -0.2) is 0 Å². The molecule has 0 amide bonds. The summed E-state index contributed by atoms with van der Waals surface area (Å²) in [5.74, 6) is 0.